The van der Waals surface area contributed by atoms with Crippen molar-refractivity contribution in [1.82, 2.24) is 0 Å². The van der Waals surface area contributed by atoms with E-state index in [-0.39, 0.29) is 6.10 Å². The van der Waals surface area contributed by atoms with Crippen LogP contribution in [0.15, 0.2) is 30.9 Å². The number of hydrogen-bond acceptors (Lipinski definition) is 3. The summed E-state index contributed by atoms with van der Waals surface area (Å²) in [5.74, 6) is 2.12. The van der Waals surface area contributed by atoms with Crippen LogP contribution in [0.2, 0.25) is 0 Å². The van der Waals surface area contributed by atoms with E-state index in [1.165, 1.54) is 0 Å². The smallest absolute Gasteiger partial charge is 0.164 e. The lowest BCUT2D eigenvalue weighted by atomic mass is 10.2. The van der Waals surface area contributed by atoms with Gasteiger partial charge in [-0.15, -0.1) is 0 Å². The van der Waals surface area contributed by atoms with Crippen molar-refractivity contribution >= 4 is 0 Å². The van der Waals surface area contributed by atoms with Gasteiger partial charge in [0.2, 0.25) is 0 Å². The molecule has 0 heterocycles. The molecule has 1 unspecified atom stereocenters. The predicted molar refractivity (Wildman–Crippen MR) is 64.5 cm³/mol. The Morgan fingerprint density at radius 1 is 1.25 bits per heavy atom. The number of ether oxygens (including phenoxy) is 3. The maximum atomic E-state index is 5.70. The molecule has 0 saturated heterocycles. The molecule has 3 heteroatoms. The molecular weight excluding hydrogens is 204 g/mol. The van der Waals surface area contributed by atoms with E-state index in [0.717, 1.165) is 12.2 Å². The third-order valence-electron chi connectivity index (χ3n) is 2.31. The highest BCUT2D eigenvalue weighted by Crippen LogP contribution is 2.31. The van der Waals surface area contributed by atoms with E-state index in [0.29, 0.717) is 11.5 Å². The Balaban J connectivity index is 2.86. The Morgan fingerprint density at radius 2 is 1.94 bits per heavy atom. The first kappa shape index (κ1) is 12.4. The Bertz CT molecular complexity index is 347. The van der Waals surface area contributed by atoms with Gasteiger partial charge in [-0.1, -0.05) is 19.6 Å². The average molecular weight is 222 g/mol. The maximum absolute atomic E-state index is 5.70. The number of rotatable bonds is 6. The Morgan fingerprint density at radius 3 is 2.44 bits per heavy atom. The lowest BCUT2D eigenvalue weighted by Gasteiger charge is -2.15. The summed E-state index contributed by atoms with van der Waals surface area (Å²) in [5, 5.41) is 0. The quantitative estimate of drug-likeness (QED) is 0.692. The number of methoxy groups -OCH3 is 2. The first-order valence-corrected chi connectivity index (χ1v) is 5.26. The van der Waals surface area contributed by atoms with E-state index in [2.05, 4.69) is 6.58 Å². The molecule has 0 amide bonds. The summed E-state index contributed by atoms with van der Waals surface area (Å²) in [6.45, 7) is 5.77. The third kappa shape index (κ3) is 2.92. The highest BCUT2D eigenvalue weighted by Gasteiger charge is 2.07. The van der Waals surface area contributed by atoms with Gasteiger partial charge in [-0.05, 0) is 18.6 Å². The molecule has 1 aromatic rings. The van der Waals surface area contributed by atoms with Crippen LogP contribution in [0, 0.1) is 0 Å². The minimum Gasteiger partial charge on any atom is -0.493 e. The molecule has 0 fully saturated rings. The van der Waals surface area contributed by atoms with Crippen molar-refractivity contribution in [2.24, 2.45) is 0 Å². The lowest BCUT2D eigenvalue weighted by molar-refractivity contribution is 0.243. The highest BCUT2D eigenvalue weighted by molar-refractivity contribution is 5.45. The lowest BCUT2D eigenvalue weighted by Crippen LogP contribution is -2.11. The van der Waals surface area contributed by atoms with Gasteiger partial charge >= 0.3 is 0 Å². The molecule has 0 aromatic heterocycles. The van der Waals surface area contributed by atoms with Gasteiger partial charge in [0, 0.05) is 6.07 Å². The van der Waals surface area contributed by atoms with E-state index in [1.54, 1.807) is 20.3 Å². The molecule has 88 valence electrons. The zero-order valence-corrected chi connectivity index (χ0v) is 10.0. The Hall–Kier alpha value is -1.64. The molecule has 0 aliphatic rings. The summed E-state index contributed by atoms with van der Waals surface area (Å²) in [6, 6.07) is 5.49. The van der Waals surface area contributed by atoms with Gasteiger partial charge in [0.05, 0.1) is 14.2 Å². The standard InChI is InChI=1S/C13H18O3/c1-5-10(6-2)16-11-7-8-12(14-3)13(9-11)15-4/h5,7-10H,1,6H2,2-4H3. The Labute approximate surface area is 96.6 Å². The number of benzene rings is 1. The molecular formula is C13H18O3. The van der Waals surface area contributed by atoms with Crippen LogP contribution in [0.1, 0.15) is 13.3 Å². The number of hydrogen-bond donors (Lipinski definition) is 0. The van der Waals surface area contributed by atoms with Crippen molar-refractivity contribution in [1.29, 1.82) is 0 Å². The van der Waals surface area contributed by atoms with Crippen molar-refractivity contribution in [3.63, 3.8) is 0 Å². The molecule has 1 rings (SSSR count). The molecule has 0 aliphatic carbocycles. The molecule has 16 heavy (non-hydrogen) atoms. The van der Waals surface area contributed by atoms with Crippen molar-refractivity contribution in [3.05, 3.63) is 30.9 Å². The van der Waals surface area contributed by atoms with Crippen molar-refractivity contribution in [3.8, 4) is 17.2 Å². The van der Waals surface area contributed by atoms with Crippen molar-refractivity contribution in [2.75, 3.05) is 14.2 Å². The van der Waals surface area contributed by atoms with E-state index in [4.69, 9.17) is 14.2 Å². The fraction of sp³-hybridized carbons (Fsp3) is 0.385. The van der Waals surface area contributed by atoms with Crippen LogP contribution in [0.4, 0.5) is 0 Å². The van der Waals surface area contributed by atoms with Crippen LogP contribution in [-0.4, -0.2) is 20.3 Å². The summed E-state index contributed by atoms with van der Waals surface area (Å²) in [7, 11) is 3.21. The molecule has 0 N–H and O–H groups in total. The van der Waals surface area contributed by atoms with Gasteiger partial charge in [0.1, 0.15) is 11.9 Å². The second-order valence-electron chi connectivity index (χ2n) is 3.32. The highest BCUT2D eigenvalue weighted by atomic mass is 16.5. The molecule has 3 nitrogen and oxygen atoms in total. The fourth-order valence-corrected chi connectivity index (χ4v) is 1.36. The zero-order chi connectivity index (χ0) is 12.0. The summed E-state index contributed by atoms with van der Waals surface area (Å²) < 4.78 is 16.0. The second kappa shape index (κ2) is 6.05. The minimum atomic E-state index is 0.0260. The molecule has 1 atom stereocenters. The average Bonchev–Trinajstić information content (AvgIpc) is 2.35. The Kier molecular flexibility index (Phi) is 4.70. The van der Waals surface area contributed by atoms with E-state index < -0.39 is 0 Å². The summed E-state index contributed by atoms with van der Waals surface area (Å²) >= 11 is 0. The topological polar surface area (TPSA) is 27.7 Å². The van der Waals surface area contributed by atoms with E-state index >= 15 is 0 Å². The minimum absolute atomic E-state index is 0.0260. The third-order valence-corrected chi connectivity index (χ3v) is 2.31. The van der Waals surface area contributed by atoms with E-state index in [9.17, 15) is 0 Å². The summed E-state index contributed by atoms with van der Waals surface area (Å²) in [4.78, 5) is 0. The largest absolute Gasteiger partial charge is 0.493 e. The monoisotopic (exact) mass is 222 g/mol. The fourth-order valence-electron chi connectivity index (χ4n) is 1.36. The normalized spacial score (nSPS) is 11.7. The van der Waals surface area contributed by atoms with Crippen molar-refractivity contribution < 1.29 is 14.2 Å². The van der Waals surface area contributed by atoms with Gasteiger partial charge < -0.3 is 14.2 Å². The van der Waals surface area contributed by atoms with Gasteiger partial charge in [-0.3, -0.25) is 0 Å². The summed E-state index contributed by atoms with van der Waals surface area (Å²) in [5.41, 5.74) is 0. The van der Waals surface area contributed by atoms with Crippen LogP contribution in [0.5, 0.6) is 17.2 Å². The SMILES string of the molecule is C=CC(CC)Oc1ccc(OC)c(OC)c1. The predicted octanol–water partition coefficient (Wildman–Crippen LogP) is 3.05. The van der Waals surface area contributed by atoms with Gasteiger partial charge in [0.25, 0.3) is 0 Å². The second-order valence-corrected chi connectivity index (χ2v) is 3.32. The molecule has 0 saturated carbocycles. The molecule has 0 bridgehead atoms. The van der Waals surface area contributed by atoms with Crippen LogP contribution >= 0.6 is 0 Å². The van der Waals surface area contributed by atoms with E-state index in [1.807, 2.05) is 25.1 Å². The maximum Gasteiger partial charge on any atom is 0.164 e. The van der Waals surface area contributed by atoms with Gasteiger partial charge in [-0.25, -0.2) is 0 Å². The van der Waals surface area contributed by atoms with Crippen LogP contribution < -0.4 is 14.2 Å². The molecule has 1 aromatic carbocycles. The van der Waals surface area contributed by atoms with Gasteiger partial charge in [-0.2, -0.15) is 0 Å². The molecule has 0 spiro atoms. The molecule has 0 aliphatic heterocycles. The van der Waals surface area contributed by atoms with Gasteiger partial charge in [0.15, 0.2) is 11.5 Å². The van der Waals surface area contributed by atoms with Crippen LogP contribution in [0.25, 0.3) is 0 Å². The summed E-state index contributed by atoms with van der Waals surface area (Å²) in [6.07, 6.45) is 2.70. The van der Waals surface area contributed by atoms with Crippen molar-refractivity contribution in [2.45, 2.75) is 19.4 Å². The van der Waals surface area contributed by atoms with Crippen LogP contribution in [0.3, 0.4) is 0 Å². The zero-order valence-electron chi connectivity index (χ0n) is 10.0. The first-order valence-electron chi connectivity index (χ1n) is 5.26. The first-order chi connectivity index (χ1) is 7.74. The van der Waals surface area contributed by atoms with Crippen LogP contribution in [-0.2, 0) is 0 Å². The molecule has 0 radical (unpaired) electrons.